The molecule has 0 aliphatic heterocycles. The molecule has 0 bridgehead atoms. The van der Waals surface area contributed by atoms with Gasteiger partial charge in [0.05, 0.1) is 6.20 Å². The van der Waals surface area contributed by atoms with Crippen LogP contribution in [-0.2, 0) is 0 Å². The van der Waals surface area contributed by atoms with Crippen molar-refractivity contribution in [1.82, 2.24) is 9.97 Å². The highest BCUT2D eigenvalue weighted by molar-refractivity contribution is 8.00. The second-order valence-corrected chi connectivity index (χ2v) is 4.19. The number of rotatable bonds is 3. The summed E-state index contributed by atoms with van der Waals surface area (Å²) in [5.41, 5.74) is -0.110. The summed E-state index contributed by atoms with van der Waals surface area (Å²) in [6, 6.07) is 4.17. The lowest BCUT2D eigenvalue weighted by Gasteiger charge is -2.06. The maximum atomic E-state index is 13.6. The highest BCUT2D eigenvalue weighted by Crippen LogP contribution is 2.23. The molecule has 1 N–H and O–H groups in total. The van der Waals surface area contributed by atoms with Crippen LogP contribution in [0.3, 0.4) is 0 Å². The van der Waals surface area contributed by atoms with E-state index in [2.05, 4.69) is 14.7 Å². The Hall–Kier alpha value is -1.76. The van der Waals surface area contributed by atoms with Gasteiger partial charge in [-0.2, -0.15) is 4.39 Å². The third-order valence-electron chi connectivity index (χ3n) is 2.14. The molecular weight excluding hydrogens is 263 g/mol. The van der Waals surface area contributed by atoms with Gasteiger partial charge < -0.3 is 4.72 Å². The lowest BCUT2D eigenvalue weighted by Crippen LogP contribution is -1.99. The van der Waals surface area contributed by atoms with Crippen molar-refractivity contribution < 1.29 is 13.2 Å². The fourth-order valence-electron chi connectivity index (χ4n) is 1.17. The number of hydrogen-bond donors (Lipinski definition) is 1. The molecule has 2 heterocycles. The van der Waals surface area contributed by atoms with Gasteiger partial charge in [0, 0.05) is 17.5 Å². The Morgan fingerprint density at radius 2 is 2.00 bits per heavy atom. The normalized spacial score (nSPS) is 10.4. The highest BCUT2D eigenvalue weighted by atomic mass is 32.2. The Morgan fingerprint density at radius 3 is 2.72 bits per heavy atom. The van der Waals surface area contributed by atoms with Crippen molar-refractivity contribution in [2.45, 2.75) is 11.9 Å². The largest absolute Gasteiger partial charge is 0.309 e. The lowest BCUT2D eigenvalue weighted by atomic mass is 10.3. The number of pyridine rings is 2. The zero-order valence-corrected chi connectivity index (χ0v) is 10.1. The van der Waals surface area contributed by atoms with E-state index in [0.29, 0.717) is 0 Å². The minimum absolute atomic E-state index is 0.0278. The third-order valence-corrected chi connectivity index (χ3v) is 2.93. The smallest absolute Gasteiger partial charge is 0.214 e. The lowest BCUT2D eigenvalue weighted by molar-refractivity contribution is 0.534. The van der Waals surface area contributed by atoms with Gasteiger partial charge in [0.15, 0.2) is 10.8 Å². The van der Waals surface area contributed by atoms with E-state index in [1.807, 2.05) is 0 Å². The highest BCUT2D eigenvalue weighted by Gasteiger charge is 2.12. The van der Waals surface area contributed by atoms with Gasteiger partial charge in [-0.15, -0.1) is 0 Å². The topological polar surface area (TPSA) is 37.8 Å². The van der Waals surface area contributed by atoms with Crippen LogP contribution in [0.1, 0.15) is 5.56 Å². The molecule has 0 aliphatic rings. The van der Waals surface area contributed by atoms with Gasteiger partial charge in [0.25, 0.3) is 0 Å². The molecule has 94 valence electrons. The van der Waals surface area contributed by atoms with Crippen molar-refractivity contribution in [3.05, 3.63) is 47.5 Å². The van der Waals surface area contributed by atoms with E-state index in [0.717, 1.165) is 18.1 Å². The van der Waals surface area contributed by atoms with E-state index in [1.54, 1.807) is 0 Å². The molecule has 2 aromatic rings. The van der Waals surface area contributed by atoms with Gasteiger partial charge >= 0.3 is 0 Å². The minimum atomic E-state index is -0.746. The third kappa shape index (κ3) is 2.73. The van der Waals surface area contributed by atoms with Crippen LogP contribution in [0.25, 0.3) is 0 Å². The number of anilines is 1. The van der Waals surface area contributed by atoms with Gasteiger partial charge in [0.2, 0.25) is 5.95 Å². The van der Waals surface area contributed by atoms with Crippen LogP contribution < -0.4 is 4.72 Å². The molecule has 0 saturated carbocycles. The molecular formula is C11H8F3N3S. The molecule has 0 radical (unpaired) electrons. The standard InChI is InChI=1S/C11H8F3N3S/c1-6-7(12)5-15-11(10(6)14)18-17-9-4-2-3-8(13)16-9/h2-5H,1H3,(H,16,17). The molecule has 0 unspecified atom stereocenters. The Bertz CT molecular complexity index is 577. The van der Waals surface area contributed by atoms with Gasteiger partial charge in [-0.1, -0.05) is 6.07 Å². The average Bonchev–Trinajstić information content (AvgIpc) is 2.35. The van der Waals surface area contributed by atoms with Crippen LogP contribution in [0.5, 0.6) is 0 Å². The number of nitrogens with zero attached hydrogens (tertiary/aromatic N) is 2. The zero-order chi connectivity index (χ0) is 13.1. The molecule has 0 atom stereocenters. The summed E-state index contributed by atoms with van der Waals surface area (Å²) in [4.78, 5) is 7.14. The van der Waals surface area contributed by atoms with Crippen LogP contribution in [0.4, 0.5) is 19.0 Å². The first-order chi connectivity index (χ1) is 8.58. The van der Waals surface area contributed by atoms with E-state index in [4.69, 9.17) is 0 Å². The first-order valence-corrected chi connectivity index (χ1v) is 5.75. The maximum absolute atomic E-state index is 13.6. The second-order valence-electron chi connectivity index (χ2n) is 3.40. The summed E-state index contributed by atoms with van der Waals surface area (Å²) in [7, 11) is 0. The summed E-state index contributed by atoms with van der Waals surface area (Å²) in [5.74, 6) is -1.88. The minimum Gasteiger partial charge on any atom is -0.309 e. The zero-order valence-electron chi connectivity index (χ0n) is 9.25. The van der Waals surface area contributed by atoms with Crippen LogP contribution in [0.15, 0.2) is 29.4 Å². The summed E-state index contributed by atoms with van der Waals surface area (Å²) in [6.45, 7) is 1.32. The number of nitrogens with one attached hydrogen (secondary N) is 1. The molecule has 7 heteroatoms. The Labute approximate surface area is 106 Å². The average molecular weight is 271 g/mol. The van der Waals surface area contributed by atoms with Crippen molar-refractivity contribution in [3.63, 3.8) is 0 Å². The SMILES string of the molecule is Cc1c(F)cnc(SNc2cccc(F)n2)c1F. The van der Waals surface area contributed by atoms with E-state index in [9.17, 15) is 13.2 Å². The van der Waals surface area contributed by atoms with Gasteiger partial charge in [-0.3, -0.25) is 0 Å². The van der Waals surface area contributed by atoms with Crippen LogP contribution in [-0.4, -0.2) is 9.97 Å². The molecule has 0 spiro atoms. The van der Waals surface area contributed by atoms with Gasteiger partial charge in [0.1, 0.15) is 11.6 Å². The number of hydrogen-bond acceptors (Lipinski definition) is 4. The Balaban J connectivity index is 2.14. The summed E-state index contributed by atoms with van der Waals surface area (Å²) in [5, 5.41) is -0.0278. The Morgan fingerprint density at radius 1 is 1.22 bits per heavy atom. The van der Waals surface area contributed by atoms with Crippen molar-refractivity contribution in [2.24, 2.45) is 0 Å². The fraction of sp³-hybridized carbons (Fsp3) is 0.0909. The predicted molar refractivity (Wildman–Crippen MR) is 62.6 cm³/mol. The van der Waals surface area contributed by atoms with Crippen molar-refractivity contribution >= 4 is 17.8 Å². The Kier molecular flexibility index (Phi) is 3.71. The molecule has 2 aromatic heterocycles. The van der Waals surface area contributed by atoms with E-state index >= 15 is 0 Å². The summed E-state index contributed by atoms with van der Waals surface area (Å²) < 4.78 is 42.0. The molecule has 3 nitrogen and oxygen atoms in total. The first-order valence-electron chi connectivity index (χ1n) is 4.94. The van der Waals surface area contributed by atoms with Crippen LogP contribution in [0.2, 0.25) is 0 Å². The monoisotopic (exact) mass is 271 g/mol. The van der Waals surface area contributed by atoms with Gasteiger partial charge in [-0.05, 0) is 19.1 Å². The van der Waals surface area contributed by atoms with Crippen molar-refractivity contribution in [2.75, 3.05) is 4.72 Å². The summed E-state index contributed by atoms with van der Waals surface area (Å²) >= 11 is 0.800. The fourth-order valence-corrected chi connectivity index (χ4v) is 1.83. The number of halogens is 3. The second kappa shape index (κ2) is 5.26. The number of aromatic nitrogens is 2. The van der Waals surface area contributed by atoms with E-state index in [1.165, 1.54) is 25.1 Å². The van der Waals surface area contributed by atoms with Crippen molar-refractivity contribution in [1.29, 1.82) is 0 Å². The van der Waals surface area contributed by atoms with E-state index < -0.39 is 17.6 Å². The molecule has 0 amide bonds. The molecule has 0 fully saturated rings. The summed E-state index contributed by atoms with van der Waals surface area (Å²) in [6.07, 6.45) is 0.932. The first kappa shape index (κ1) is 12.7. The molecule has 0 saturated heterocycles. The van der Waals surface area contributed by atoms with E-state index in [-0.39, 0.29) is 16.4 Å². The van der Waals surface area contributed by atoms with Gasteiger partial charge in [-0.25, -0.2) is 18.7 Å². The van der Waals surface area contributed by atoms with Crippen molar-refractivity contribution in [3.8, 4) is 0 Å². The van der Waals surface area contributed by atoms with Crippen LogP contribution in [0, 0.1) is 24.5 Å². The predicted octanol–water partition coefficient (Wildman–Crippen LogP) is 3.32. The van der Waals surface area contributed by atoms with Crippen LogP contribution >= 0.6 is 11.9 Å². The molecule has 0 aromatic carbocycles. The quantitative estimate of drug-likeness (QED) is 0.686. The molecule has 0 aliphatic carbocycles. The maximum Gasteiger partial charge on any atom is 0.214 e. The molecule has 18 heavy (non-hydrogen) atoms. The molecule has 2 rings (SSSR count).